The van der Waals surface area contributed by atoms with E-state index in [1.54, 1.807) is 23.5 Å². The van der Waals surface area contributed by atoms with E-state index >= 15 is 0 Å². The molecule has 0 aliphatic heterocycles. The zero-order valence-corrected chi connectivity index (χ0v) is 11.1. The van der Waals surface area contributed by atoms with E-state index in [-0.39, 0.29) is 10.6 Å². The Bertz CT molecular complexity index is 528. The second-order valence-electron chi connectivity index (χ2n) is 3.40. The summed E-state index contributed by atoms with van der Waals surface area (Å²) in [6.07, 6.45) is 0. The van der Waals surface area contributed by atoms with Gasteiger partial charge in [0.25, 0.3) is 5.69 Å². The van der Waals surface area contributed by atoms with Crippen LogP contribution in [0.15, 0.2) is 39.5 Å². The number of nitrogens with one attached hydrogen (secondary N) is 1. The molecule has 2 rings (SSSR count). The zero-order chi connectivity index (χ0) is 12.3. The highest BCUT2D eigenvalue weighted by molar-refractivity contribution is 9.10. The molecule has 0 amide bonds. The molecule has 6 heteroatoms. The summed E-state index contributed by atoms with van der Waals surface area (Å²) in [5.41, 5.74) is 1.73. The van der Waals surface area contributed by atoms with Crippen molar-refractivity contribution in [1.82, 2.24) is 0 Å². The van der Waals surface area contributed by atoms with Gasteiger partial charge < -0.3 is 5.32 Å². The molecule has 0 aliphatic rings. The minimum Gasteiger partial charge on any atom is -0.375 e. The van der Waals surface area contributed by atoms with Gasteiger partial charge in [0.15, 0.2) is 0 Å². The standard InChI is InChI=1S/C11H9BrN2O2S/c12-9-1-2-11(14(15)16)10(5-9)13-6-8-3-4-17-7-8/h1-5,7,13H,6H2. The molecule has 1 heterocycles. The minimum atomic E-state index is -0.387. The lowest BCUT2D eigenvalue weighted by Gasteiger charge is -2.06. The summed E-state index contributed by atoms with van der Waals surface area (Å²) in [5, 5.41) is 17.9. The largest absolute Gasteiger partial charge is 0.375 e. The molecule has 0 atom stereocenters. The van der Waals surface area contributed by atoms with E-state index in [1.165, 1.54) is 6.07 Å². The van der Waals surface area contributed by atoms with Crippen LogP contribution in [0.2, 0.25) is 0 Å². The number of benzene rings is 1. The molecule has 17 heavy (non-hydrogen) atoms. The highest BCUT2D eigenvalue weighted by atomic mass is 79.9. The van der Waals surface area contributed by atoms with Crippen LogP contribution >= 0.6 is 27.3 Å². The lowest BCUT2D eigenvalue weighted by Crippen LogP contribution is -2.01. The summed E-state index contributed by atoms with van der Waals surface area (Å²) in [7, 11) is 0. The summed E-state index contributed by atoms with van der Waals surface area (Å²) in [5.74, 6) is 0. The number of nitrogens with zero attached hydrogens (tertiary/aromatic N) is 1. The molecule has 0 aliphatic carbocycles. The first-order valence-electron chi connectivity index (χ1n) is 4.85. The van der Waals surface area contributed by atoms with Crippen LogP contribution in [0, 0.1) is 10.1 Å². The second kappa shape index (κ2) is 5.29. The Hall–Kier alpha value is -1.40. The van der Waals surface area contributed by atoms with Gasteiger partial charge in [-0.05, 0) is 34.5 Å². The fraction of sp³-hybridized carbons (Fsp3) is 0.0909. The van der Waals surface area contributed by atoms with Crippen molar-refractivity contribution in [3.05, 3.63) is 55.2 Å². The fourth-order valence-electron chi connectivity index (χ4n) is 1.40. The van der Waals surface area contributed by atoms with Crippen LogP contribution in [0.1, 0.15) is 5.56 Å². The Morgan fingerprint density at radius 2 is 2.24 bits per heavy atom. The fourth-order valence-corrected chi connectivity index (χ4v) is 2.43. The first-order valence-corrected chi connectivity index (χ1v) is 6.59. The molecule has 0 bridgehead atoms. The summed E-state index contributed by atoms with van der Waals surface area (Å²) >= 11 is 4.91. The monoisotopic (exact) mass is 312 g/mol. The molecular formula is C11H9BrN2O2S. The SMILES string of the molecule is O=[N+]([O-])c1ccc(Br)cc1NCc1ccsc1. The van der Waals surface area contributed by atoms with Crippen LogP contribution in [0.5, 0.6) is 0 Å². The Labute approximate surface area is 111 Å². The zero-order valence-electron chi connectivity index (χ0n) is 8.72. The molecule has 0 unspecified atom stereocenters. The Balaban J connectivity index is 2.19. The van der Waals surface area contributed by atoms with E-state index in [0.29, 0.717) is 12.2 Å². The van der Waals surface area contributed by atoms with Gasteiger partial charge in [0, 0.05) is 17.1 Å². The number of halogens is 1. The third-order valence-corrected chi connectivity index (χ3v) is 3.44. The van der Waals surface area contributed by atoms with Gasteiger partial charge in [-0.25, -0.2) is 0 Å². The van der Waals surface area contributed by atoms with E-state index in [9.17, 15) is 10.1 Å². The highest BCUT2D eigenvalue weighted by Gasteiger charge is 2.13. The Kier molecular flexibility index (Phi) is 3.75. The quantitative estimate of drug-likeness (QED) is 0.685. The van der Waals surface area contributed by atoms with Crippen molar-refractivity contribution >= 4 is 38.6 Å². The van der Waals surface area contributed by atoms with Crippen LogP contribution in [0.3, 0.4) is 0 Å². The number of anilines is 1. The predicted octanol–water partition coefficient (Wildman–Crippen LogP) is 4.03. The third-order valence-electron chi connectivity index (χ3n) is 2.22. The Morgan fingerprint density at radius 3 is 2.88 bits per heavy atom. The maximum Gasteiger partial charge on any atom is 0.292 e. The molecule has 0 fully saturated rings. The van der Waals surface area contributed by atoms with Crippen molar-refractivity contribution < 1.29 is 4.92 Å². The maximum atomic E-state index is 10.8. The number of rotatable bonds is 4. The molecule has 0 saturated heterocycles. The van der Waals surface area contributed by atoms with E-state index < -0.39 is 0 Å². The first kappa shape index (κ1) is 12.1. The number of nitro groups is 1. The normalized spacial score (nSPS) is 10.2. The average molecular weight is 313 g/mol. The van der Waals surface area contributed by atoms with Crippen molar-refractivity contribution in [1.29, 1.82) is 0 Å². The summed E-state index contributed by atoms with van der Waals surface area (Å²) < 4.78 is 0.816. The van der Waals surface area contributed by atoms with Crippen molar-refractivity contribution in [2.75, 3.05) is 5.32 Å². The van der Waals surface area contributed by atoms with Gasteiger partial charge in [-0.1, -0.05) is 15.9 Å². The third kappa shape index (κ3) is 3.04. The van der Waals surface area contributed by atoms with Crippen molar-refractivity contribution in [3.8, 4) is 0 Å². The van der Waals surface area contributed by atoms with Gasteiger partial charge in [-0.15, -0.1) is 0 Å². The van der Waals surface area contributed by atoms with Gasteiger partial charge in [0.1, 0.15) is 5.69 Å². The van der Waals surface area contributed by atoms with Gasteiger partial charge in [-0.2, -0.15) is 11.3 Å². The van der Waals surface area contributed by atoms with Crippen LogP contribution < -0.4 is 5.32 Å². The summed E-state index contributed by atoms with van der Waals surface area (Å²) in [4.78, 5) is 10.5. The Morgan fingerprint density at radius 1 is 1.41 bits per heavy atom. The molecule has 4 nitrogen and oxygen atoms in total. The molecule has 88 valence electrons. The lowest BCUT2D eigenvalue weighted by molar-refractivity contribution is -0.384. The summed E-state index contributed by atoms with van der Waals surface area (Å²) in [6.45, 7) is 0.584. The second-order valence-corrected chi connectivity index (χ2v) is 5.10. The number of thiophene rings is 1. The van der Waals surface area contributed by atoms with Crippen LogP contribution in [-0.4, -0.2) is 4.92 Å². The molecule has 0 spiro atoms. The van der Waals surface area contributed by atoms with Crippen molar-refractivity contribution in [2.45, 2.75) is 6.54 Å². The smallest absolute Gasteiger partial charge is 0.292 e. The van der Waals surface area contributed by atoms with Crippen LogP contribution in [-0.2, 0) is 6.54 Å². The first-order chi connectivity index (χ1) is 8.16. The van der Waals surface area contributed by atoms with Gasteiger partial charge >= 0.3 is 0 Å². The van der Waals surface area contributed by atoms with Crippen LogP contribution in [0.25, 0.3) is 0 Å². The molecule has 2 aromatic rings. The molecule has 1 aromatic heterocycles. The topological polar surface area (TPSA) is 55.2 Å². The highest BCUT2D eigenvalue weighted by Crippen LogP contribution is 2.28. The molecular weight excluding hydrogens is 304 g/mol. The van der Waals surface area contributed by atoms with Gasteiger partial charge in [0.05, 0.1) is 4.92 Å². The van der Waals surface area contributed by atoms with Gasteiger partial charge in [-0.3, -0.25) is 10.1 Å². The molecule has 0 saturated carbocycles. The minimum absolute atomic E-state index is 0.0865. The number of hydrogen-bond acceptors (Lipinski definition) is 4. The predicted molar refractivity (Wildman–Crippen MR) is 72.4 cm³/mol. The van der Waals surface area contributed by atoms with Gasteiger partial charge in [0.2, 0.25) is 0 Å². The van der Waals surface area contributed by atoms with E-state index in [1.807, 2.05) is 16.8 Å². The van der Waals surface area contributed by atoms with Crippen LogP contribution in [0.4, 0.5) is 11.4 Å². The van der Waals surface area contributed by atoms with Crippen molar-refractivity contribution in [2.24, 2.45) is 0 Å². The lowest BCUT2D eigenvalue weighted by atomic mass is 10.2. The molecule has 0 radical (unpaired) electrons. The maximum absolute atomic E-state index is 10.8. The molecule has 1 N–H and O–H groups in total. The molecule has 1 aromatic carbocycles. The van der Waals surface area contributed by atoms with E-state index in [0.717, 1.165) is 10.0 Å². The van der Waals surface area contributed by atoms with E-state index in [4.69, 9.17) is 0 Å². The van der Waals surface area contributed by atoms with E-state index in [2.05, 4.69) is 21.2 Å². The average Bonchev–Trinajstić information content (AvgIpc) is 2.78. The van der Waals surface area contributed by atoms with Crippen molar-refractivity contribution in [3.63, 3.8) is 0 Å². The number of nitro benzene ring substituents is 1. The summed E-state index contributed by atoms with van der Waals surface area (Å²) in [6, 6.07) is 6.85. The number of hydrogen-bond donors (Lipinski definition) is 1.